The van der Waals surface area contributed by atoms with Crippen molar-refractivity contribution in [3.8, 4) is 0 Å². The minimum atomic E-state index is -0.602. The molecule has 34 heavy (non-hydrogen) atoms. The highest BCUT2D eigenvalue weighted by Gasteiger charge is 2.37. The molecule has 10 heteroatoms. The fraction of sp³-hybridized carbons (Fsp3) is 0.417. The number of aliphatic hydroxyl groups is 1. The minimum Gasteiger partial charge on any atom is -0.459 e. The van der Waals surface area contributed by atoms with Crippen LogP contribution in [0.15, 0.2) is 60.5 Å². The Kier molecular flexibility index (Phi) is 9.36. The topological polar surface area (TPSA) is 136 Å². The lowest BCUT2D eigenvalue weighted by Gasteiger charge is -2.37. The molecule has 0 aliphatic carbocycles. The number of nitrogens with zero attached hydrogens (tertiary/aromatic N) is 2. The Labute approximate surface area is 198 Å². The van der Waals surface area contributed by atoms with Crippen molar-refractivity contribution in [3.63, 3.8) is 0 Å². The van der Waals surface area contributed by atoms with Gasteiger partial charge in [-0.1, -0.05) is 30.3 Å². The predicted octanol–water partition coefficient (Wildman–Crippen LogP) is 2.97. The molecular formula is C24H30N4O6. The molecule has 3 rings (SSSR count). The van der Waals surface area contributed by atoms with E-state index in [1.54, 1.807) is 0 Å². The summed E-state index contributed by atoms with van der Waals surface area (Å²) in [5, 5.41) is 25.9. The first kappa shape index (κ1) is 25.1. The summed E-state index contributed by atoms with van der Waals surface area (Å²) >= 11 is 0. The van der Waals surface area contributed by atoms with Crippen molar-refractivity contribution in [1.82, 2.24) is 10.3 Å². The lowest BCUT2D eigenvalue weighted by Crippen LogP contribution is -2.39. The van der Waals surface area contributed by atoms with Crippen LogP contribution in [0.2, 0.25) is 0 Å². The number of hydrogen-bond acceptors (Lipinski definition) is 8. The van der Waals surface area contributed by atoms with Gasteiger partial charge in [0.05, 0.1) is 4.92 Å². The molecule has 1 aromatic carbocycles. The second-order valence-electron chi connectivity index (χ2n) is 7.78. The number of carbonyl (C=O) groups is 1. The van der Waals surface area contributed by atoms with Gasteiger partial charge in [-0.05, 0) is 37.5 Å². The van der Waals surface area contributed by atoms with Gasteiger partial charge in [-0.3, -0.25) is 14.9 Å². The summed E-state index contributed by atoms with van der Waals surface area (Å²) in [7, 11) is 0. The Morgan fingerprint density at radius 3 is 2.68 bits per heavy atom. The number of pyridine rings is 1. The highest BCUT2D eigenvalue weighted by Crippen LogP contribution is 2.39. The number of amides is 1. The molecule has 0 unspecified atom stereocenters. The fourth-order valence-electron chi connectivity index (χ4n) is 3.87. The Balaban J connectivity index is 1.65. The standard InChI is InChI=1S/C24H30N4O6/c1-2-33-24-19(9-6-14-29)20(17-7-4-3-5-8-17)15-21(34-24)23(30)26-13-12-25-22-11-10-18(16-27-22)28(31)32/h3-5,7-8,10-11,15-16,19-20,24,29H,2,6,9,12-14H2,1H3,(H,25,27)(H,26,30)/t19-,20+,24+/m0/s1. The van der Waals surface area contributed by atoms with Gasteiger partial charge >= 0.3 is 0 Å². The molecule has 0 fully saturated rings. The van der Waals surface area contributed by atoms with Crippen molar-refractivity contribution in [2.75, 3.05) is 31.6 Å². The molecule has 182 valence electrons. The van der Waals surface area contributed by atoms with Gasteiger partial charge in [0.25, 0.3) is 11.6 Å². The molecule has 0 saturated heterocycles. The summed E-state index contributed by atoms with van der Waals surface area (Å²) in [6.45, 7) is 3.05. The van der Waals surface area contributed by atoms with Gasteiger partial charge in [-0.15, -0.1) is 0 Å². The average molecular weight is 471 g/mol. The zero-order valence-electron chi connectivity index (χ0n) is 19.1. The van der Waals surface area contributed by atoms with E-state index in [1.807, 2.05) is 43.3 Å². The van der Waals surface area contributed by atoms with E-state index in [1.165, 1.54) is 18.3 Å². The van der Waals surface area contributed by atoms with Crippen LogP contribution in [0.5, 0.6) is 0 Å². The lowest BCUT2D eigenvalue weighted by atomic mass is 9.80. The number of hydrogen-bond donors (Lipinski definition) is 3. The molecule has 2 heterocycles. The van der Waals surface area contributed by atoms with Crippen LogP contribution < -0.4 is 10.6 Å². The van der Waals surface area contributed by atoms with Gasteiger partial charge in [-0.25, -0.2) is 4.98 Å². The van der Waals surface area contributed by atoms with Crippen molar-refractivity contribution >= 4 is 17.4 Å². The number of ether oxygens (including phenoxy) is 2. The number of allylic oxidation sites excluding steroid dienone is 1. The third kappa shape index (κ3) is 6.75. The van der Waals surface area contributed by atoms with Crippen LogP contribution in [0.25, 0.3) is 0 Å². The smallest absolute Gasteiger partial charge is 0.287 e. The van der Waals surface area contributed by atoms with E-state index in [0.29, 0.717) is 38.4 Å². The molecule has 2 aromatic rings. The molecule has 1 aliphatic heterocycles. The number of nitro groups is 1. The van der Waals surface area contributed by atoms with Crippen LogP contribution in [0.3, 0.4) is 0 Å². The molecular weight excluding hydrogens is 440 g/mol. The normalized spacial score (nSPS) is 19.6. The average Bonchev–Trinajstić information content (AvgIpc) is 2.86. The number of aromatic nitrogens is 1. The first-order chi connectivity index (χ1) is 16.5. The van der Waals surface area contributed by atoms with Gasteiger partial charge in [0.15, 0.2) is 5.76 Å². The molecule has 0 radical (unpaired) electrons. The number of anilines is 1. The van der Waals surface area contributed by atoms with E-state index in [2.05, 4.69) is 15.6 Å². The number of rotatable bonds is 12. The summed E-state index contributed by atoms with van der Waals surface area (Å²) < 4.78 is 11.8. The number of benzene rings is 1. The van der Waals surface area contributed by atoms with Crippen molar-refractivity contribution in [2.24, 2.45) is 5.92 Å². The Morgan fingerprint density at radius 2 is 2.03 bits per heavy atom. The monoisotopic (exact) mass is 470 g/mol. The molecule has 1 amide bonds. The van der Waals surface area contributed by atoms with Crippen LogP contribution in [0, 0.1) is 16.0 Å². The molecule has 3 atom stereocenters. The first-order valence-corrected chi connectivity index (χ1v) is 11.3. The van der Waals surface area contributed by atoms with Gasteiger partial charge in [0.2, 0.25) is 6.29 Å². The molecule has 3 N–H and O–H groups in total. The molecule has 0 saturated carbocycles. The van der Waals surface area contributed by atoms with E-state index in [0.717, 1.165) is 5.56 Å². The van der Waals surface area contributed by atoms with Crippen molar-refractivity contribution in [2.45, 2.75) is 32.0 Å². The van der Waals surface area contributed by atoms with E-state index in [-0.39, 0.29) is 35.8 Å². The second kappa shape index (κ2) is 12.7. The summed E-state index contributed by atoms with van der Waals surface area (Å²) in [5.41, 5.74) is 0.962. The fourth-order valence-corrected chi connectivity index (χ4v) is 3.87. The minimum absolute atomic E-state index is 0.0408. The van der Waals surface area contributed by atoms with E-state index >= 15 is 0 Å². The van der Waals surface area contributed by atoms with Crippen molar-refractivity contribution < 1.29 is 24.3 Å². The van der Waals surface area contributed by atoms with Crippen LogP contribution >= 0.6 is 0 Å². The quantitative estimate of drug-likeness (QED) is 0.245. The van der Waals surface area contributed by atoms with Gasteiger partial charge in [-0.2, -0.15) is 0 Å². The zero-order chi connectivity index (χ0) is 24.3. The molecule has 1 aliphatic rings. The number of carbonyl (C=O) groups excluding carboxylic acids is 1. The number of nitrogens with one attached hydrogen (secondary N) is 2. The SMILES string of the molecule is CCO[C@@H]1OC(C(=O)NCCNc2ccc([N+](=O)[O-])cn2)=C[C@H](c2ccccc2)[C@@H]1CCCO. The zero-order valence-corrected chi connectivity index (χ0v) is 19.1. The molecule has 0 bridgehead atoms. The summed E-state index contributed by atoms with van der Waals surface area (Å²) in [6.07, 6.45) is 3.70. The molecule has 10 nitrogen and oxygen atoms in total. The van der Waals surface area contributed by atoms with E-state index in [4.69, 9.17) is 9.47 Å². The maximum Gasteiger partial charge on any atom is 0.287 e. The number of aliphatic hydroxyl groups excluding tert-OH is 1. The molecule has 0 spiro atoms. The van der Waals surface area contributed by atoms with Crippen LogP contribution in [0.4, 0.5) is 11.5 Å². The maximum absolute atomic E-state index is 12.9. The Morgan fingerprint density at radius 1 is 1.24 bits per heavy atom. The first-order valence-electron chi connectivity index (χ1n) is 11.3. The highest BCUT2D eigenvalue weighted by atomic mass is 16.7. The lowest BCUT2D eigenvalue weighted by molar-refractivity contribution is -0.385. The third-order valence-corrected chi connectivity index (χ3v) is 5.50. The Bertz CT molecular complexity index is 967. The Hall–Kier alpha value is -3.50. The van der Waals surface area contributed by atoms with Gasteiger partial charge in [0, 0.05) is 44.2 Å². The van der Waals surface area contributed by atoms with Crippen molar-refractivity contribution in [1.29, 1.82) is 0 Å². The van der Waals surface area contributed by atoms with Gasteiger partial charge < -0.3 is 25.2 Å². The molecule has 1 aromatic heterocycles. The predicted molar refractivity (Wildman–Crippen MR) is 126 cm³/mol. The summed E-state index contributed by atoms with van der Waals surface area (Å²) in [6, 6.07) is 12.7. The van der Waals surface area contributed by atoms with Gasteiger partial charge in [0.1, 0.15) is 12.0 Å². The van der Waals surface area contributed by atoms with E-state index < -0.39 is 11.2 Å². The third-order valence-electron chi connectivity index (χ3n) is 5.50. The van der Waals surface area contributed by atoms with Crippen LogP contribution in [0.1, 0.15) is 31.2 Å². The highest BCUT2D eigenvalue weighted by molar-refractivity contribution is 5.91. The van der Waals surface area contributed by atoms with Crippen molar-refractivity contribution in [3.05, 3.63) is 76.2 Å². The van der Waals surface area contributed by atoms with Crippen LogP contribution in [-0.2, 0) is 14.3 Å². The van der Waals surface area contributed by atoms with Crippen LogP contribution in [-0.4, -0.2) is 53.5 Å². The second-order valence-corrected chi connectivity index (χ2v) is 7.78. The largest absolute Gasteiger partial charge is 0.459 e. The summed E-state index contributed by atoms with van der Waals surface area (Å²) in [4.78, 5) is 27.0. The maximum atomic E-state index is 12.9. The van der Waals surface area contributed by atoms with E-state index in [9.17, 15) is 20.0 Å². The summed E-state index contributed by atoms with van der Waals surface area (Å²) in [5.74, 6) is 0.174.